The van der Waals surface area contributed by atoms with Crippen LogP contribution in [-0.4, -0.2) is 34.2 Å². The molecule has 0 aromatic heterocycles. The van der Waals surface area contributed by atoms with E-state index in [9.17, 15) is 13.2 Å². The molecule has 0 fully saturated rings. The Labute approximate surface area is 106 Å². The number of hydrogen-bond acceptors (Lipinski definition) is 5. The van der Waals surface area contributed by atoms with Gasteiger partial charge in [-0.1, -0.05) is 6.92 Å². The average Bonchev–Trinajstić information content (AvgIpc) is 2.37. The highest BCUT2D eigenvalue weighted by atomic mass is 32.2. The van der Waals surface area contributed by atoms with Crippen LogP contribution < -0.4 is 15.8 Å². The average molecular weight is 272 g/mol. The van der Waals surface area contributed by atoms with E-state index < -0.39 is 15.7 Å². The van der Waals surface area contributed by atoms with Gasteiger partial charge in [-0.3, -0.25) is 4.79 Å². The van der Waals surface area contributed by atoms with Crippen LogP contribution in [0.25, 0.3) is 0 Å². The van der Waals surface area contributed by atoms with Gasteiger partial charge in [-0.05, 0) is 6.07 Å². The first kappa shape index (κ1) is 14.3. The second kappa shape index (κ2) is 5.26. The number of hydrogen-bond donors (Lipinski definition) is 2. The van der Waals surface area contributed by atoms with Crippen molar-refractivity contribution in [2.24, 2.45) is 0 Å². The highest BCUT2D eigenvalue weighted by Crippen LogP contribution is 2.29. The third kappa shape index (κ3) is 2.56. The van der Waals surface area contributed by atoms with Crippen molar-refractivity contribution in [2.75, 3.05) is 25.6 Å². The van der Waals surface area contributed by atoms with Gasteiger partial charge in [0.2, 0.25) is 0 Å². The number of anilines is 1. The van der Waals surface area contributed by atoms with Gasteiger partial charge in [0.05, 0.1) is 29.0 Å². The topological polar surface area (TPSA) is 98.5 Å². The van der Waals surface area contributed by atoms with E-state index in [2.05, 4.69) is 5.32 Å². The largest absolute Gasteiger partial charge is 0.496 e. The van der Waals surface area contributed by atoms with E-state index in [-0.39, 0.29) is 27.6 Å². The van der Waals surface area contributed by atoms with Gasteiger partial charge in [0.15, 0.2) is 9.84 Å². The van der Waals surface area contributed by atoms with Crippen molar-refractivity contribution in [3.63, 3.8) is 0 Å². The summed E-state index contributed by atoms with van der Waals surface area (Å²) >= 11 is 0. The molecule has 0 spiro atoms. The smallest absolute Gasteiger partial charge is 0.254 e. The maximum atomic E-state index is 11.8. The zero-order chi connectivity index (χ0) is 13.9. The predicted octanol–water partition coefficient (Wildman–Crippen LogP) is 0.431. The van der Waals surface area contributed by atoms with Crippen LogP contribution in [0.2, 0.25) is 0 Å². The summed E-state index contributed by atoms with van der Waals surface area (Å²) in [6.07, 6.45) is 0. The molecule has 6 nitrogen and oxygen atoms in total. The number of ether oxygens (including phenoxy) is 1. The number of nitrogens with one attached hydrogen (secondary N) is 1. The molecule has 0 aliphatic heterocycles. The second-order valence-electron chi connectivity index (χ2n) is 3.57. The summed E-state index contributed by atoms with van der Waals surface area (Å²) in [5.41, 5.74) is 5.89. The number of carbonyl (C=O) groups excluding carboxylic acids is 1. The summed E-state index contributed by atoms with van der Waals surface area (Å²) in [6.45, 7) is 1.51. The lowest BCUT2D eigenvalue weighted by Crippen LogP contribution is -2.20. The maximum absolute atomic E-state index is 11.8. The Morgan fingerprint density at radius 1 is 1.44 bits per heavy atom. The van der Waals surface area contributed by atoms with E-state index in [1.54, 1.807) is 0 Å². The Morgan fingerprint density at radius 2 is 2.06 bits per heavy atom. The van der Waals surface area contributed by atoms with E-state index in [1.165, 1.54) is 33.2 Å². The number of sulfone groups is 1. The molecule has 0 aliphatic carbocycles. The van der Waals surface area contributed by atoms with Crippen LogP contribution in [0.15, 0.2) is 17.0 Å². The Balaban J connectivity index is 3.54. The van der Waals surface area contributed by atoms with E-state index in [0.717, 1.165) is 0 Å². The Hall–Kier alpha value is -1.76. The first-order valence-electron chi connectivity index (χ1n) is 5.29. The molecule has 0 unspecified atom stereocenters. The van der Waals surface area contributed by atoms with Crippen LogP contribution in [0.5, 0.6) is 5.75 Å². The van der Waals surface area contributed by atoms with Crippen molar-refractivity contribution in [1.82, 2.24) is 5.32 Å². The van der Waals surface area contributed by atoms with Crippen molar-refractivity contribution < 1.29 is 17.9 Å². The van der Waals surface area contributed by atoms with E-state index >= 15 is 0 Å². The van der Waals surface area contributed by atoms with Crippen molar-refractivity contribution in [3.05, 3.63) is 17.7 Å². The Morgan fingerprint density at radius 3 is 2.50 bits per heavy atom. The lowest BCUT2D eigenvalue weighted by molar-refractivity contribution is 0.0960. The van der Waals surface area contributed by atoms with E-state index in [4.69, 9.17) is 10.5 Å². The number of amides is 1. The first-order valence-corrected chi connectivity index (χ1v) is 6.95. The quantitative estimate of drug-likeness (QED) is 0.774. The fourth-order valence-electron chi connectivity index (χ4n) is 1.48. The Kier molecular flexibility index (Phi) is 4.18. The van der Waals surface area contributed by atoms with Crippen molar-refractivity contribution >= 4 is 21.4 Å². The van der Waals surface area contributed by atoms with Crippen molar-refractivity contribution in [3.8, 4) is 5.75 Å². The zero-order valence-electron chi connectivity index (χ0n) is 10.5. The van der Waals surface area contributed by atoms with Gasteiger partial charge >= 0.3 is 0 Å². The molecule has 0 heterocycles. The number of nitrogens with two attached hydrogens (primary N) is 1. The third-order valence-electron chi connectivity index (χ3n) is 2.52. The number of benzene rings is 1. The molecule has 1 rings (SSSR count). The summed E-state index contributed by atoms with van der Waals surface area (Å²) in [5, 5.41) is 2.42. The summed E-state index contributed by atoms with van der Waals surface area (Å²) in [5.74, 6) is -0.280. The van der Waals surface area contributed by atoms with Gasteiger partial charge in [0, 0.05) is 13.1 Å². The predicted molar refractivity (Wildman–Crippen MR) is 68.5 cm³/mol. The molecular weight excluding hydrogens is 256 g/mol. The molecule has 1 aromatic carbocycles. The van der Waals surface area contributed by atoms with Crippen molar-refractivity contribution in [2.45, 2.75) is 11.8 Å². The molecule has 0 saturated carbocycles. The fraction of sp³-hybridized carbons (Fsp3) is 0.364. The third-order valence-corrected chi connectivity index (χ3v) is 4.30. The van der Waals surface area contributed by atoms with Crippen LogP contribution in [-0.2, 0) is 9.84 Å². The molecule has 0 atom stereocenters. The molecule has 1 amide bonds. The fourth-order valence-corrected chi connectivity index (χ4v) is 2.51. The van der Waals surface area contributed by atoms with Crippen LogP contribution in [0.1, 0.15) is 17.3 Å². The first-order chi connectivity index (χ1) is 8.37. The number of methoxy groups -OCH3 is 1. The minimum atomic E-state index is -3.48. The van der Waals surface area contributed by atoms with E-state index in [0.29, 0.717) is 0 Å². The molecule has 0 saturated heterocycles. The Bertz CT molecular complexity index is 567. The monoisotopic (exact) mass is 272 g/mol. The minimum absolute atomic E-state index is 0.0515. The summed E-state index contributed by atoms with van der Waals surface area (Å²) < 4.78 is 28.7. The minimum Gasteiger partial charge on any atom is -0.496 e. The molecule has 0 radical (unpaired) electrons. The molecule has 0 bridgehead atoms. The highest BCUT2D eigenvalue weighted by molar-refractivity contribution is 7.91. The number of carbonyl (C=O) groups is 1. The summed E-state index contributed by atoms with van der Waals surface area (Å²) in [4.78, 5) is 11.6. The SMILES string of the molecule is CCS(=O)(=O)c1cc(C(=O)NC)c(OC)cc1N. The maximum Gasteiger partial charge on any atom is 0.254 e. The molecule has 3 N–H and O–H groups in total. The van der Waals surface area contributed by atoms with Crippen LogP contribution in [0, 0.1) is 0 Å². The molecule has 1 aromatic rings. The van der Waals surface area contributed by atoms with Gasteiger partial charge in [-0.15, -0.1) is 0 Å². The van der Waals surface area contributed by atoms with Crippen LogP contribution in [0.4, 0.5) is 5.69 Å². The molecule has 7 heteroatoms. The molecular formula is C11H16N2O4S. The van der Waals surface area contributed by atoms with Crippen LogP contribution in [0.3, 0.4) is 0 Å². The van der Waals surface area contributed by atoms with Gasteiger partial charge in [0.1, 0.15) is 5.75 Å². The van der Waals surface area contributed by atoms with Gasteiger partial charge in [0.25, 0.3) is 5.91 Å². The second-order valence-corrected chi connectivity index (χ2v) is 5.82. The number of rotatable bonds is 4. The number of nitrogen functional groups attached to an aromatic ring is 1. The van der Waals surface area contributed by atoms with Crippen molar-refractivity contribution in [1.29, 1.82) is 0 Å². The lowest BCUT2D eigenvalue weighted by atomic mass is 10.1. The lowest BCUT2D eigenvalue weighted by Gasteiger charge is -2.12. The van der Waals surface area contributed by atoms with E-state index in [1.807, 2.05) is 0 Å². The van der Waals surface area contributed by atoms with Gasteiger partial charge in [-0.2, -0.15) is 0 Å². The molecule has 100 valence electrons. The standard InChI is InChI=1S/C11H16N2O4S/c1-4-18(15,16)10-5-7(11(14)13-2)9(17-3)6-8(10)12/h5-6H,4,12H2,1-3H3,(H,13,14). The normalized spacial score (nSPS) is 11.1. The van der Waals surface area contributed by atoms with Gasteiger partial charge < -0.3 is 15.8 Å². The molecule has 18 heavy (non-hydrogen) atoms. The molecule has 0 aliphatic rings. The summed E-state index contributed by atoms with van der Waals surface area (Å²) in [7, 11) is -0.644. The highest BCUT2D eigenvalue weighted by Gasteiger charge is 2.21. The zero-order valence-corrected chi connectivity index (χ0v) is 11.3. The van der Waals surface area contributed by atoms with Gasteiger partial charge in [-0.25, -0.2) is 8.42 Å². The van der Waals surface area contributed by atoms with Crippen LogP contribution >= 0.6 is 0 Å². The summed E-state index contributed by atoms with van der Waals surface area (Å²) in [6, 6.07) is 2.58.